The third-order valence-electron chi connectivity index (χ3n) is 5.52. The zero-order valence-electron chi connectivity index (χ0n) is 13.7. The SMILES string of the molecule is C=CCC(=O)O[C@H]1CC[C@H](CC[C@H]2CC[C@H](C)CC2)CC1. The van der Waals surface area contributed by atoms with Gasteiger partial charge in [0.05, 0.1) is 6.42 Å². The van der Waals surface area contributed by atoms with Crippen LogP contribution in [-0.4, -0.2) is 12.1 Å². The van der Waals surface area contributed by atoms with Gasteiger partial charge in [-0.3, -0.25) is 4.79 Å². The summed E-state index contributed by atoms with van der Waals surface area (Å²) in [6.45, 7) is 5.97. The van der Waals surface area contributed by atoms with Crippen LogP contribution in [-0.2, 0) is 9.53 Å². The van der Waals surface area contributed by atoms with Gasteiger partial charge < -0.3 is 4.74 Å². The summed E-state index contributed by atoms with van der Waals surface area (Å²) in [6, 6.07) is 0. The predicted octanol–water partition coefficient (Wildman–Crippen LogP) is 5.27. The smallest absolute Gasteiger partial charge is 0.309 e. The lowest BCUT2D eigenvalue weighted by Crippen LogP contribution is -2.24. The van der Waals surface area contributed by atoms with E-state index >= 15 is 0 Å². The van der Waals surface area contributed by atoms with Crippen molar-refractivity contribution in [3.63, 3.8) is 0 Å². The van der Waals surface area contributed by atoms with Crippen LogP contribution in [0.25, 0.3) is 0 Å². The summed E-state index contributed by atoms with van der Waals surface area (Å²) >= 11 is 0. The maximum Gasteiger partial charge on any atom is 0.309 e. The zero-order valence-corrected chi connectivity index (χ0v) is 13.7. The van der Waals surface area contributed by atoms with E-state index in [9.17, 15) is 4.79 Å². The van der Waals surface area contributed by atoms with E-state index in [1.165, 1.54) is 51.4 Å². The van der Waals surface area contributed by atoms with Crippen molar-refractivity contribution in [2.75, 3.05) is 0 Å². The molecule has 0 unspecified atom stereocenters. The van der Waals surface area contributed by atoms with E-state index in [4.69, 9.17) is 4.74 Å². The van der Waals surface area contributed by atoms with Gasteiger partial charge >= 0.3 is 5.97 Å². The normalized spacial score (nSPS) is 33.4. The molecule has 0 aromatic carbocycles. The van der Waals surface area contributed by atoms with Crippen LogP contribution in [0.15, 0.2) is 12.7 Å². The summed E-state index contributed by atoms with van der Waals surface area (Å²) in [5.74, 6) is 2.72. The molecule has 120 valence electrons. The summed E-state index contributed by atoms with van der Waals surface area (Å²) in [4.78, 5) is 11.5. The highest BCUT2D eigenvalue weighted by Gasteiger charge is 2.25. The average molecular weight is 292 g/mol. The van der Waals surface area contributed by atoms with Crippen LogP contribution in [0.3, 0.4) is 0 Å². The topological polar surface area (TPSA) is 26.3 Å². The van der Waals surface area contributed by atoms with E-state index in [-0.39, 0.29) is 12.1 Å². The van der Waals surface area contributed by atoms with Gasteiger partial charge in [0, 0.05) is 0 Å². The van der Waals surface area contributed by atoms with Gasteiger partial charge in [0.25, 0.3) is 0 Å². The van der Waals surface area contributed by atoms with Crippen molar-refractivity contribution in [2.45, 2.75) is 83.7 Å². The molecule has 2 saturated carbocycles. The number of esters is 1. The number of ether oxygens (including phenoxy) is 1. The summed E-state index contributed by atoms with van der Waals surface area (Å²) in [6.07, 6.45) is 15.4. The first kappa shape index (κ1) is 16.6. The van der Waals surface area contributed by atoms with Gasteiger partial charge in [-0.15, -0.1) is 6.58 Å². The van der Waals surface area contributed by atoms with E-state index in [0.29, 0.717) is 6.42 Å². The van der Waals surface area contributed by atoms with Crippen LogP contribution in [0.2, 0.25) is 0 Å². The van der Waals surface area contributed by atoms with Gasteiger partial charge in [-0.05, 0) is 43.4 Å². The molecular weight excluding hydrogens is 260 g/mol. The summed E-state index contributed by atoms with van der Waals surface area (Å²) in [7, 11) is 0. The van der Waals surface area contributed by atoms with Crippen molar-refractivity contribution in [3.8, 4) is 0 Å². The highest BCUT2D eigenvalue weighted by molar-refractivity contribution is 5.71. The van der Waals surface area contributed by atoms with Crippen molar-refractivity contribution in [1.82, 2.24) is 0 Å². The maximum atomic E-state index is 11.5. The number of rotatable bonds is 6. The zero-order chi connectivity index (χ0) is 15.1. The molecule has 2 rings (SSSR count). The molecular formula is C19H32O2. The van der Waals surface area contributed by atoms with E-state index in [2.05, 4.69) is 13.5 Å². The molecule has 21 heavy (non-hydrogen) atoms. The van der Waals surface area contributed by atoms with E-state index in [0.717, 1.165) is 30.6 Å². The van der Waals surface area contributed by atoms with Crippen molar-refractivity contribution in [3.05, 3.63) is 12.7 Å². The molecule has 2 fully saturated rings. The lowest BCUT2D eigenvalue weighted by molar-refractivity contribution is -0.149. The molecule has 0 saturated heterocycles. The first-order valence-corrected chi connectivity index (χ1v) is 8.97. The Morgan fingerprint density at radius 3 is 2.05 bits per heavy atom. The van der Waals surface area contributed by atoms with Crippen LogP contribution in [0, 0.1) is 17.8 Å². The molecule has 2 aliphatic rings. The Hall–Kier alpha value is -0.790. The summed E-state index contributed by atoms with van der Waals surface area (Å²) in [5, 5.41) is 0. The van der Waals surface area contributed by atoms with Gasteiger partial charge in [0.1, 0.15) is 6.10 Å². The molecule has 2 nitrogen and oxygen atoms in total. The van der Waals surface area contributed by atoms with E-state index in [1.807, 2.05) is 0 Å². The summed E-state index contributed by atoms with van der Waals surface area (Å²) in [5.41, 5.74) is 0. The van der Waals surface area contributed by atoms with Gasteiger partial charge in [0.15, 0.2) is 0 Å². The number of carbonyl (C=O) groups is 1. The Kier molecular flexibility index (Phi) is 6.79. The largest absolute Gasteiger partial charge is 0.462 e. The number of hydrogen-bond donors (Lipinski definition) is 0. The second kappa shape index (κ2) is 8.60. The van der Waals surface area contributed by atoms with Crippen molar-refractivity contribution < 1.29 is 9.53 Å². The quantitative estimate of drug-likeness (QED) is 0.492. The van der Waals surface area contributed by atoms with Crippen LogP contribution in [0.5, 0.6) is 0 Å². The molecule has 0 radical (unpaired) electrons. The molecule has 0 heterocycles. The van der Waals surface area contributed by atoms with E-state index in [1.54, 1.807) is 6.08 Å². The fourth-order valence-corrected chi connectivity index (χ4v) is 3.98. The van der Waals surface area contributed by atoms with Gasteiger partial charge in [-0.25, -0.2) is 0 Å². The molecule has 0 atom stereocenters. The summed E-state index contributed by atoms with van der Waals surface area (Å²) < 4.78 is 5.48. The Morgan fingerprint density at radius 2 is 1.52 bits per heavy atom. The van der Waals surface area contributed by atoms with Crippen LogP contribution >= 0.6 is 0 Å². The Morgan fingerprint density at radius 1 is 1.00 bits per heavy atom. The molecule has 0 amide bonds. The highest BCUT2D eigenvalue weighted by atomic mass is 16.5. The predicted molar refractivity (Wildman–Crippen MR) is 87.0 cm³/mol. The van der Waals surface area contributed by atoms with E-state index < -0.39 is 0 Å². The molecule has 0 bridgehead atoms. The fraction of sp³-hybridized carbons (Fsp3) is 0.842. The second-order valence-corrected chi connectivity index (χ2v) is 7.33. The Balaban J connectivity index is 1.58. The fourth-order valence-electron chi connectivity index (χ4n) is 3.98. The van der Waals surface area contributed by atoms with Crippen molar-refractivity contribution in [1.29, 1.82) is 0 Å². The molecule has 0 aromatic heterocycles. The van der Waals surface area contributed by atoms with Crippen LogP contribution < -0.4 is 0 Å². The minimum absolute atomic E-state index is 0.107. The number of carbonyl (C=O) groups excluding carboxylic acids is 1. The van der Waals surface area contributed by atoms with Crippen LogP contribution in [0.1, 0.15) is 77.6 Å². The average Bonchev–Trinajstić information content (AvgIpc) is 2.48. The van der Waals surface area contributed by atoms with Gasteiger partial charge in [-0.1, -0.05) is 51.5 Å². The third-order valence-corrected chi connectivity index (χ3v) is 5.52. The maximum absolute atomic E-state index is 11.5. The third kappa shape index (κ3) is 5.84. The molecule has 0 spiro atoms. The molecule has 2 heteroatoms. The lowest BCUT2D eigenvalue weighted by atomic mass is 9.77. The first-order chi connectivity index (χ1) is 10.2. The monoisotopic (exact) mass is 292 g/mol. The van der Waals surface area contributed by atoms with Crippen molar-refractivity contribution in [2.24, 2.45) is 17.8 Å². The number of hydrogen-bond acceptors (Lipinski definition) is 2. The molecule has 2 aliphatic carbocycles. The molecule has 0 aromatic rings. The Bertz CT molecular complexity index is 320. The molecule has 0 N–H and O–H groups in total. The van der Waals surface area contributed by atoms with Crippen molar-refractivity contribution >= 4 is 5.97 Å². The first-order valence-electron chi connectivity index (χ1n) is 8.97. The molecule has 0 aliphatic heterocycles. The highest BCUT2D eigenvalue weighted by Crippen LogP contribution is 2.35. The Labute approximate surface area is 130 Å². The second-order valence-electron chi connectivity index (χ2n) is 7.33. The minimum Gasteiger partial charge on any atom is -0.462 e. The standard InChI is InChI=1S/C19H32O2/c1-3-4-19(20)21-18-13-11-17(12-14-18)10-9-16-7-5-15(2)6-8-16/h3,15-18H,1,4-14H2,2H3/t15-,16-,17-,18-. The van der Waals surface area contributed by atoms with Gasteiger partial charge in [-0.2, -0.15) is 0 Å². The van der Waals surface area contributed by atoms with Crippen LogP contribution in [0.4, 0.5) is 0 Å². The van der Waals surface area contributed by atoms with Gasteiger partial charge in [0.2, 0.25) is 0 Å². The lowest BCUT2D eigenvalue weighted by Gasteiger charge is -2.31. The minimum atomic E-state index is -0.107.